The van der Waals surface area contributed by atoms with Crippen LogP contribution in [0.2, 0.25) is 0 Å². The third kappa shape index (κ3) is 4.71. The normalized spacial score (nSPS) is 10.6. The maximum Gasteiger partial charge on any atom is 0.224 e. The van der Waals surface area contributed by atoms with Gasteiger partial charge in [0.2, 0.25) is 5.88 Å². The molecule has 1 N–H and O–H groups in total. The van der Waals surface area contributed by atoms with Crippen LogP contribution in [-0.2, 0) is 18.4 Å². The maximum absolute atomic E-state index is 5.71. The van der Waals surface area contributed by atoms with E-state index in [0.29, 0.717) is 30.7 Å². The van der Waals surface area contributed by atoms with Crippen LogP contribution < -0.4 is 10.1 Å². The number of ether oxygens (including phenoxy) is 2. The van der Waals surface area contributed by atoms with Gasteiger partial charge >= 0.3 is 0 Å². The number of aromatic nitrogens is 4. The zero-order valence-corrected chi connectivity index (χ0v) is 12.7. The summed E-state index contributed by atoms with van der Waals surface area (Å²) in [7, 11) is 1.83. The number of aryl methyl sites for hydroxylation is 1. The predicted octanol–water partition coefficient (Wildman–Crippen LogP) is 2.36. The van der Waals surface area contributed by atoms with Gasteiger partial charge in [0, 0.05) is 26.3 Å². The van der Waals surface area contributed by atoms with E-state index in [9.17, 15) is 0 Å². The number of nitrogens with one attached hydrogen (secondary N) is 1. The maximum atomic E-state index is 5.71. The highest BCUT2D eigenvalue weighted by molar-refractivity contribution is 5.39. The van der Waals surface area contributed by atoms with Crippen molar-refractivity contribution in [3.05, 3.63) is 24.3 Å². The number of anilines is 1. The number of rotatable bonds is 8. The summed E-state index contributed by atoms with van der Waals surface area (Å²) in [4.78, 5) is 8.76. The number of hydrogen-bond acceptors (Lipinski definition) is 6. The van der Waals surface area contributed by atoms with E-state index >= 15 is 0 Å². The van der Waals surface area contributed by atoms with E-state index in [-0.39, 0.29) is 0 Å². The first-order valence-electron chi connectivity index (χ1n) is 7.07. The molecular formula is C14H21N5O2. The summed E-state index contributed by atoms with van der Waals surface area (Å²) >= 11 is 0. The largest absolute Gasteiger partial charge is 0.436 e. The highest BCUT2D eigenvalue weighted by Gasteiger charge is 2.08. The Labute approximate surface area is 124 Å². The summed E-state index contributed by atoms with van der Waals surface area (Å²) in [5.41, 5.74) is 0. The minimum absolute atomic E-state index is 0.363. The Kier molecular flexibility index (Phi) is 5.51. The van der Waals surface area contributed by atoms with Crippen LogP contribution in [0.1, 0.15) is 26.1 Å². The van der Waals surface area contributed by atoms with Crippen LogP contribution in [0.4, 0.5) is 5.82 Å². The van der Waals surface area contributed by atoms with Gasteiger partial charge in [0.25, 0.3) is 0 Å². The van der Waals surface area contributed by atoms with Crippen molar-refractivity contribution >= 4 is 5.82 Å². The van der Waals surface area contributed by atoms with Crippen molar-refractivity contribution in [3.8, 4) is 11.6 Å². The number of hydrogen-bond donors (Lipinski definition) is 1. The molecule has 7 heteroatoms. The Morgan fingerprint density at radius 1 is 1.29 bits per heavy atom. The third-order valence-corrected chi connectivity index (χ3v) is 2.64. The van der Waals surface area contributed by atoms with Gasteiger partial charge in [0.05, 0.1) is 12.4 Å². The van der Waals surface area contributed by atoms with Crippen LogP contribution in [0.25, 0.3) is 0 Å². The molecule has 0 amide bonds. The first-order chi connectivity index (χ1) is 10.2. The molecule has 0 aliphatic heterocycles. The van der Waals surface area contributed by atoms with Crippen LogP contribution in [0, 0.1) is 0 Å². The molecule has 0 saturated carbocycles. The molecule has 0 aliphatic carbocycles. The average molecular weight is 291 g/mol. The highest BCUT2D eigenvalue weighted by Crippen LogP contribution is 2.21. The van der Waals surface area contributed by atoms with Crippen molar-refractivity contribution in [1.82, 2.24) is 19.7 Å². The van der Waals surface area contributed by atoms with Crippen molar-refractivity contribution in [1.29, 1.82) is 0 Å². The minimum Gasteiger partial charge on any atom is -0.436 e. The van der Waals surface area contributed by atoms with E-state index in [1.807, 2.05) is 14.0 Å². The molecule has 21 heavy (non-hydrogen) atoms. The molecule has 0 aliphatic rings. The van der Waals surface area contributed by atoms with Crippen molar-refractivity contribution in [3.63, 3.8) is 0 Å². The van der Waals surface area contributed by atoms with Gasteiger partial charge in [-0.15, -0.1) is 0 Å². The van der Waals surface area contributed by atoms with Gasteiger partial charge in [-0.1, -0.05) is 6.92 Å². The van der Waals surface area contributed by atoms with Gasteiger partial charge in [0.1, 0.15) is 12.4 Å². The molecule has 0 spiro atoms. The fourth-order valence-corrected chi connectivity index (χ4v) is 1.70. The van der Waals surface area contributed by atoms with Crippen LogP contribution in [-0.4, -0.2) is 32.9 Å². The van der Waals surface area contributed by atoms with E-state index in [4.69, 9.17) is 9.47 Å². The Hall–Kier alpha value is -2.15. The lowest BCUT2D eigenvalue weighted by Crippen LogP contribution is -2.07. The molecule has 0 saturated heterocycles. The molecule has 0 radical (unpaired) electrons. The number of nitrogens with zero attached hydrogens (tertiary/aromatic N) is 4. The SMILES string of the molecule is CCCNc1cc(Oc2cnn(C)c2)nc(COCC)n1. The molecule has 7 nitrogen and oxygen atoms in total. The second-order valence-corrected chi connectivity index (χ2v) is 4.52. The molecule has 2 rings (SSSR count). The summed E-state index contributed by atoms with van der Waals surface area (Å²) in [5, 5.41) is 7.30. The van der Waals surface area contributed by atoms with E-state index < -0.39 is 0 Å². The average Bonchev–Trinajstić information content (AvgIpc) is 2.88. The molecule has 0 atom stereocenters. The van der Waals surface area contributed by atoms with Gasteiger partial charge in [0.15, 0.2) is 11.6 Å². The van der Waals surface area contributed by atoms with Crippen molar-refractivity contribution in [2.45, 2.75) is 26.9 Å². The summed E-state index contributed by atoms with van der Waals surface area (Å²) in [5.74, 6) is 2.45. The lowest BCUT2D eigenvalue weighted by Gasteiger charge is -2.09. The van der Waals surface area contributed by atoms with Crippen LogP contribution >= 0.6 is 0 Å². The zero-order chi connectivity index (χ0) is 15.1. The fourth-order valence-electron chi connectivity index (χ4n) is 1.70. The van der Waals surface area contributed by atoms with Crippen molar-refractivity contribution in [2.24, 2.45) is 7.05 Å². The smallest absolute Gasteiger partial charge is 0.224 e. The third-order valence-electron chi connectivity index (χ3n) is 2.64. The first kappa shape index (κ1) is 15.2. The van der Waals surface area contributed by atoms with E-state index in [0.717, 1.165) is 18.8 Å². The Balaban J connectivity index is 2.16. The summed E-state index contributed by atoms with van der Waals surface area (Å²) in [6.07, 6.45) is 4.44. The van der Waals surface area contributed by atoms with Crippen LogP contribution in [0.15, 0.2) is 18.5 Å². The molecule has 2 heterocycles. The van der Waals surface area contributed by atoms with Gasteiger partial charge in [-0.25, -0.2) is 4.98 Å². The van der Waals surface area contributed by atoms with Gasteiger partial charge in [-0.3, -0.25) is 4.68 Å². The molecule has 2 aromatic rings. The van der Waals surface area contributed by atoms with Gasteiger partial charge < -0.3 is 14.8 Å². The molecule has 0 unspecified atom stereocenters. The van der Waals surface area contributed by atoms with Gasteiger partial charge in [-0.2, -0.15) is 10.1 Å². The summed E-state index contributed by atoms with van der Waals surface area (Å²) in [6, 6.07) is 1.78. The molecular weight excluding hydrogens is 270 g/mol. The molecule has 0 fully saturated rings. The summed E-state index contributed by atoms with van der Waals surface area (Å²) < 4.78 is 12.7. The topological polar surface area (TPSA) is 74.1 Å². The van der Waals surface area contributed by atoms with Gasteiger partial charge in [-0.05, 0) is 13.3 Å². The molecule has 0 bridgehead atoms. The van der Waals surface area contributed by atoms with E-state index in [1.54, 1.807) is 23.1 Å². The fraction of sp³-hybridized carbons (Fsp3) is 0.500. The van der Waals surface area contributed by atoms with Crippen LogP contribution in [0.3, 0.4) is 0 Å². The highest BCUT2D eigenvalue weighted by atomic mass is 16.5. The van der Waals surface area contributed by atoms with Crippen LogP contribution in [0.5, 0.6) is 11.6 Å². The molecule has 2 aromatic heterocycles. The Morgan fingerprint density at radius 3 is 2.81 bits per heavy atom. The second-order valence-electron chi connectivity index (χ2n) is 4.52. The lowest BCUT2D eigenvalue weighted by atomic mass is 10.4. The quantitative estimate of drug-likeness (QED) is 0.805. The minimum atomic E-state index is 0.363. The lowest BCUT2D eigenvalue weighted by molar-refractivity contribution is 0.128. The Morgan fingerprint density at radius 2 is 2.14 bits per heavy atom. The standard InChI is InChI=1S/C14H21N5O2/c1-4-6-15-12-7-14(18-13(17-12)10-20-5-2)21-11-8-16-19(3)9-11/h7-9H,4-6,10H2,1-3H3,(H,15,17,18). The Bertz CT molecular complexity index is 544. The first-order valence-corrected chi connectivity index (χ1v) is 7.07. The zero-order valence-electron chi connectivity index (χ0n) is 12.7. The monoisotopic (exact) mass is 291 g/mol. The van der Waals surface area contributed by atoms with Crippen molar-refractivity contribution < 1.29 is 9.47 Å². The second kappa shape index (κ2) is 7.58. The van der Waals surface area contributed by atoms with Crippen molar-refractivity contribution in [2.75, 3.05) is 18.5 Å². The predicted molar refractivity (Wildman–Crippen MR) is 79.4 cm³/mol. The molecule has 0 aromatic carbocycles. The summed E-state index contributed by atoms with van der Waals surface area (Å²) in [6.45, 7) is 5.86. The van der Waals surface area contributed by atoms with E-state index in [1.165, 1.54) is 0 Å². The molecule has 114 valence electrons. The van der Waals surface area contributed by atoms with E-state index in [2.05, 4.69) is 27.3 Å².